The summed E-state index contributed by atoms with van der Waals surface area (Å²) in [5.41, 5.74) is -0.652. The van der Waals surface area contributed by atoms with Crippen LogP contribution in [0.5, 0.6) is 11.6 Å². The van der Waals surface area contributed by atoms with E-state index in [0.717, 1.165) is 19.3 Å². The van der Waals surface area contributed by atoms with Gasteiger partial charge in [-0.1, -0.05) is 25.0 Å². The Labute approximate surface area is 303 Å². The molecule has 6 atom stereocenters. The fourth-order valence-electron chi connectivity index (χ4n) is 7.58. The standard InChI is InChI=1S/C37H48ClN5O8/c1-7-49-33(46)37-17-22(37)13-11-9-8-10-12-14-25(40-34(47)51-35(3,4)5)32(45)43-20-36(19-26(43)31(44)42-37)18-23(38)28-29-24(15-16-27(41-29)48-6)39-21(2)30(28)50-36/h11,13,15-16,22-23,25-26H,7-10,12,14,17-20H2,1-6H3,(H,40,47)(H,42,44)/b13-11-/t22-,23?,25+,26+,36-,37-/m1/s1. The number of allylic oxidation sites excluding steroid dienone is 1. The number of hydrogen-bond acceptors (Lipinski definition) is 10. The third-order valence-corrected chi connectivity index (χ3v) is 10.4. The molecule has 2 N–H and O–H groups in total. The molecule has 2 aromatic heterocycles. The Kier molecular flexibility index (Phi) is 10.1. The first-order valence-corrected chi connectivity index (χ1v) is 18.3. The van der Waals surface area contributed by atoms with Crippen LogP contribution >= 0.6 is 11.6 Å². The van der Waals surface area contributed by atoms with Crippen LogP contribution in [-0.4, -0.2) is 87.8 Å². The lowest BCUT2D eigenvalue weighted by Crippen LogP contribution is -2.57. The molecule has 0 radical (unpaired) electrons. The third-order valence-electron chi connectivity index (χ3n) is 10.1. The van der Waals surface area contributed by atoms with Gasteiger partial charge in [-0.15, -0.1) is 11.6 Å². The lowest BCUT2D eigenvalue weighted by atomic mass is 9.87. The number of nitrogens with one attached hydrogen (secondary N) is 2. The second kappa shape index (κ2) is 14.1. The second-order valence-electron chi connectivity index (χ2n) is 15.1. The molecule has 2 fully saturated rings. The number of esters is 1. The van der Waals surface area contributed by atoms with E-state index in [1.165, 1.54) is 12.0 Å². The fourth-order valence-corrected chi connectivity index (χ4v) is 8.06. The number of aryl methyl sites for hydroxylation is 1. The van der Waals surface area contributed by atoms with Gasteiger partial charge in [0.2, 0.25) is 17.7 Å². The first-order valence-electron chi connectivity index (χ1n) is 17.8. The van der Waals surface area contributed by atoms with Gasteiger partial charge in [0, 0.05) is 30.4 Å². The van der Waals surface area contributed by atoms with Crippen LogP contribution in [0.3, 0.4) is 0 Å². The van der Waals surface area contributed by atoms with E-state index in [0.29, 0.717) is 53.2 Å². The van der Waals surface area contributed by atoms with Crippen LogP contribution in [0.1, 0.15) is 95.7 Å². The summed E-state index contributed by atoms with van der Waals surface area (Å²) in [7, 11) is 1.53. The molecule has 1 aliphatic carbocycles. The molecule has 3 amide bonds. The fraction of sp³-hybridized carbons (Fsp3) is 0.622. The van der Waals surface area contributed by atoms with Gasteiger partial charge in [0.1, 0.15) is 40.1 Å². The van der Waals surface area contributed by atoms with Gasteiger partial charge in [-0.2, -0.15) is 0 Å². The molecule has 14 heteroatoms. The smallest absolute Gasteiger partial charge is 0.408 e. The van der Waals surface area contributed by atoms with E-state index >= 15 is 0 Å². The van der Waals surface area contributed by atoms with Crippen LogP contribution < -0.4 is 20.1 Å². The Morgan fingerprint density at radius 2 is 1.92 bits per heavy atom. The van der Waals surface area contributed by atoms with Crippen LogP contribution in [-0.2, 0) is 23.9 Å². The summed E-state index contributed by atoms with van der Waals surface area (Å²) >= 11 is 7.20. The van der Waals surface area contributed by atoms with Crippen LogP contribution in [0.25, 0.3) is 11.0 Å². The molecule has 5 heterocycles. The highest BCUT2D eigenvalue weighted by Crippen LogP contribution is 2.52. The Balaban J connectivity index is 1.38. The lowest BCUT2D eigenvalue weighted by molar-refractivity contribution is -0.150. The normalized spacial score (nSPS) is 30.1. The highest BCUT2D eigenvalue weighted by molar-refractivity contribution is 6.22. The van der Waals surface area contributed by atoms with Crippen molar-refractivity contribution in [3.8, 4) is 11.6 Å². The van der Waals surface area contributed by atoms with Gasteiger partial charge in [0.25, 0.3) is 0 Å². The highest BCUT2D eigenvalue weighted by atomic mass is 35.5. The molecule has 1 spiro atoms. The molecule has 6 rings (SSSR count). The topological polar surface area (TPSA) is 158 Å². The number of alkyl carbamates (subject to hydrolysis) is 1. The molecule has 3 aliphatic heterocycles. The lowest BCUT2D eigenvalue weighted by Gasteiger charge is -2.38. The zero-order chi connectivity index (χ0) is 36.7. The summed E-state index contributed by atoms with van der Waals surface area (Å²) in [5.74, 6) is -0.834. The number of aromatic nitrogens is 2. The van der Waals surface area contributed by atoms with Crippen molar-refractivity contribution in [2.24, 2.45) is 5.92 Å². The Morgan fingerprint density at radius 3 is 2.65 bits per heavy atom. The predicted octanol–water partition coefficient (Wildman–Crippen LogP) is 5.20. The summed E-state index contributed by atoms with van der Waals surface area (Å²) in [6.45, 7) is 8.97. The van der Waals surface area contributed by atoms with Crippen molar-refractivity contribution < 1.29 is 38.1 Å². The molecule has 1 saturated carbocycles. The number of hydrogen-bond donors (Lipinski definition) is 2. The van der Waals surface area contributed by atoms with E-state index in [2.05, 4.69) is 15.6 Å². The first kappa shape index (κ1) is 36.7. The monoisotopic (exact) mass is 725 g/mol. The minimum absolute atomic E-state index is 0.0117. The number of fused-ring (bicyclic) bond motifs is 5. The Bertz CT molecular complexity index is 1750. The van der Waals surface area contributed by atoms with Crippen molar-refractivity contribution >= 4 is 46.5 Å². The van der Waals surface area contributed by atoms with E-state index in [-0.39, 0.29) is 31.9 Å². The first-order chi connectivity index (χ1) is 24.2. The number of alkyl halides is 1. The second-order valence-corrected chi connectivity index (χ2v) is 15.6. The number of carbonyl (C=O) groups excluding carboxylic acids is 4. The number of methoxy groups -OCH3 is 1. The maximum Gasteiger partial charge on any atom is 0.408 e. The largest absolute Gasteiger partial charge is 0.483 e. The number of nitrogens with zero attached hydrogens (tertiary/aromatic N) is 3. The SMILES string of the molecule is CCOC(=O)[C@@]12C[C@H]1/C=C\CCCCC[C@H](NC(=O)OC(C)(C)C)C(=O)N1C[C@@]3(CC(Cl)c4c(c(C)nc5ccc(OC)nc45)O3)C[C@H]1C(=O)N2. The van der Waals surface area contributed by atoms with Crippen LogP contribution in [0.2, 0.25) is 0 Å². The number of rotatable bonds is 4. The van der Waals surface area contributed by atoms with Gasteiger partial charge >= 0.3 is 12.1 Å². The molecule has 276 valence electrons. The minimum Gasteiger partial charge on any atom is -0.483 e. The number of pyridine rings is 2. The average molecular weight is 726 g/mol. The van der Waals surface area contributed by atoms with Crippen molar-refractivity contribution in [2.75, 3.05) is 20.3 Å². The molecule has 1 saturated heterocycles. The van der Waals surface area contributed by atoms with Gasteiger partial charge < -0.3 is 34.5 Å². The van der Waals surface area contributed by atoms with Crippen molar-refractivity contribution in [3.05, 3.63) is 35.5 Å². The van der Waals surface area contributed by atoms with E-state index in [4.69, 9.17) is 35.5 Å². The predicted molar refractivity (Wildman–Crippen MR) is 189 cm³/mol. The van der Waals surface area contributed by atoms with Gasteiger partial charge in [-0.05, 0) is 66.4 Å². The molecule has 13 nitrogen and oxygen atoms in total. The van der Waals surface area contributed by atoms with E-state index < -0.39 is 58.1 Å². The van der Waals surface area contributed by atoms with Gasteiger partial charge in [-0.3, -0.25) is 9.59 Å². The summed E-state index contributed by atoms with van der Waals surface area (Å²) < 4.78 is 23.2. The van der Waals surface area contributed by atoms with Gasteiger partial charge in [0.05, 0.1) is 36.8 Å². The van der Waals surface area contributed by atoms with Crippen molar-refractivity contribution in [1.82, 2.24) is 25.5 Å². The zero-order valence-corrected chi connectivity index (χ0v) is 30.9. The third kappa shape index (κ3) is 7.45. The van der Waals surface area contributed by atoms with Crippen molar-refractivity contribution in [1.29, 1.82) is 0 Å². The van der Waals surface area contributed by atoms with Crippen molar-refractivity contribution in [3.63, 3.8) is 0 Å². The Morgan fingerprint density at radius 1 is 1.14 bits per heavy atom. The Hall–Kier alpha value is -4.13. The number of carbonyl (C=O) groups is 4. The van der Waals surface area contributed by atoms with E-state index in [1.807, 2.05) is 25.1 Å². The molecular formula is C37H48ClN5O8. The number of halogens is 1. The molecule has 1 unspecified atom stereocenters. The average Bonchev–Trinajstić information content (AvgIpc) is 3.64. The van der Waals surface area contributed by atoms with Crippen LogP contribution in [0.4, 0.5) is 4.79 Å². The molecule has 2 aromatic rings. The maximum atomic E-state index is 14.6. The van der Waals surface area contributed by atoms with E-state index in [1.54, 1.807) is 33.8 Å². The molecular weight excluding hydrogens is 678 g/mol. The van der Waals surface area contributed by atoms with Crippen molar-refractivity contribution in [2.45, 2.75) is 120 Å². The zero-order valence-electron chi connectivity index (χ0n) is 30.2. The maximum absolute atomic E-state index is 14.6. The number of ether oxygens (including phenoxy) is 4. The molecule has 4 aliphatic rings. The summed E-state index contributed by atoms with van der Waals surface area (Å²) in [6.07, 6.45) is 7.49. The van der Waals surface area contributed by atoms with Crippen LogP contribution in [0, 0.1) is 12.8 Å². The summed E-state index contributed by atoms with van der Waals surface area (Å²) in [6, 6.07) is 1.53. The van der Waals surface area contributed by atoms with E-state index in [9.17, 15) is 19.2 Å². The highest BCUT2D eigenvalue weighted by Gasteiger charge is 2.63. The molecule has 0 bridgehead atoms. The number of amides is 3. The van der Waals surface area contributed by atoms with Gasteiger partial charge in [-0.25, -0.2) is 19.6 Å². The van der Waals surface area contributed by atoms with Gasteiger partial charge in [0.15, 0.2) is 0 Å². The molecule has 0 aromatic carbocycles. The van der Waals surface area contributed by atoms with Crippen LogP contribution in [0.15, 0.2) is 24.3 Å². The summed E-state index contributed by atoms with van der Waals surface area (Å²) in [5, 5.41) is 5.19. The summed E-state index contributed by atoms with van der Waals surface area (Å²) in [4.78, 5) is 66.3. The quantitative estimate of drug-likeness (QED) is 0.244. The molecule has 51 heavy (non-hydrogen) atoms. The minimum atomic E-state index is -1.23.